The second kappa shape index (κ2) is 6.33. The van der Waals surface area contributed by atoms with E-state index in [1.807, 2.05) is 12.1 Å². The summed E-state index contributed by atoms with van der Waals surface area (Å²) in [6.07, 6.45) is 0. The molecule has 0 aromatic heterocycles. The second-order valence-electron chi connectivity index (χ2n) is 4.12. The van der Waals surface area contributed by atoms with E-state index in [9.17, 15) is 9.65 Å². The molecule has 1 unspecified atom stereocenters. The molecular weight excluding hydrogens is 263 g/mol. The van der Waals surface area contributed by atoms with Crippen LogP contribution in [0.25, 0.3) is 0 Å². The summed E-state index contributed by atoms with van der Waals surface area (Å²) >= 11 is 5.90. The molecule has 0 amide bonds. The van der Waals surface area contributed by atoms with Gasteiger partial charge >= 0.3 is 0 Å². The van der Waals surface area contributed by atoms with Crippen LogP contribution >= 0.6 is 11.6 Å². The Morgan fingerprint density at radius 1 is 1.21 bits per heavy atom. The molecule has 0 saturated carbocycles. The van der Waals surface area contributed by atoms with Crippen LogP contribution in [0.5, 0.6) is 0 Å². The standard InChI is InChI=1S/C15H12ClFN2/c16-13-3-1-2-12(8-13)15(9-18)19-10-11-4-6-14(17)7-5-11/h1-8,15,19H,10H2. The molecule has 0 radical (unpaired) electrons. The van der Waals surface area contributed by atoms with Crippen molar-refractivity contribution < 1.29 is 4.39 Å². The molecule has 0 fully saturated rings. The van der Waals surface area contributed by atoms with Crippen molar-refractivity contribution in [3.05, 3.63) is 70.5 Å². The Labute approximate surface area is 116 Å². The third-order valence-electron chi connectivity index (χ3n) is 2.73. The third-order valence-corrected chi connectivity index (χ3v) is 2.97. The lowest BCUT2D eigenvalue weighted by Crippen LogP contribution is -2.19. The summed E-state index contributed by atoms with van der Waals surface area (Å²) in [5.74, 6) is -0.268. The maximum atomic E-state index is 12.8. The van der Waals surface area contributed by atoms with Crippen molar-refractivity contribution in [2.24, 2.45) is 0 Å². The molecule has 0 bridgehead atoms. The van der Waals surface area contributed by atoms with Crippen LogP contribution in [0.2, 0.25) is 5.02 Å². The molecule has 2 aromatic carbocycles. The summed E-state index contributed by atoms with van der Waals surface area (Å²) in [7, 11) is 0. The van der Waals surface area contributed by atoms with Crippen molar-refractivity contribution in [1.82, 2.24) is 5.32 Å². The smallest absolute Gasteiger partial charge is 0.123 e. The number of halogens is 2. The molecule has 1 atom stereocenters. The fourth-order valence-electron chi connectivity index (χ4n) is 1.75. The van der Waals surface area contributed by atoms with Crippen LogP contribution in [-0.4, -0.2) is 0 Å². The third kappa shape index (κ3) is 3.78. The van der Waals surface area contributed by atoms with Gasteiger partial charge in [0.15, 0.2) is 0 Å². The van der Waals surface area contributed by atoms with Gasteiger partial charge in [0, 0.05) is 11.6 Å². The number of hydrogen-bond donors (Lipinski definition) is 1. The van der Waals surface area contributed by atoms with E-state index in [1.165, 1.54) is 12.1 Å². The average molecular weight is 275 g/mol. The first kappa shape index (κ1) is 13.5. The lowest BCUT2D eigenvalue weighted by Gasteiger charge is -2.12. The summed E-state index contributed by atoms with van der Waals surface area (Å²) in [6.45, 7) is 0.491. The Hall–Kier alpha value is -1.89. The zero-order chi connectivity index (χ0) is 13.7. The molecular formula is C15H12ClFN2. The van der Waals surface area contributed by atoms with Gasteiger partial charge in [-0.2, -0.15) is 5.26 Å². The first-order valence-corrected chi connectivity index (χ1v) is 6.20. The number of nitrogens with zero attached hydrogens (tertiary/aromatic N) is 1. The van der Waals surface area contributed by atoms with Gasteiger partial charge in [0.05, 0.1) is 6.07 Å². The van der Waals surface area contributed by atoms with E-state index in [0.717, 1.165) is 11.1 Å². The van der Waals surface area contributed by atoms with Crippen LogP contribution in [0.4, 0.5) is 4.39 Å². The Bertz CT molecular complexity index is 590. The number of benzene rings is 2. The molecule has 2 aromatic rings. The fourth-order valence-corrected chi connectivity index (χ4v) is 1.95. The lowest BCUT2D eigenvalue weighted by molar-refractivity contribution is 0.616. The van der Waals surface area contributed by atoms with Gasteiger partial charge in [-0.05, 0) is 35.4 Å². The predicted molar refractivity (Wildman–Crippen MR) is 73.0 cm³/mol. The summed E-state index contributed by atoms with van der Waals surface area (Å²) in [5, 5.41) is 12.9. The molecule has 1 N–H and O–H groups in total. The van der Waals surface area contributed by atoms with Crippen LogP contribution in [0.1, 0.15) is 17.2 Å². The number of nitriles is 1. The van der Waals surface area contributed by atoms with Gasteiger partial charge < -0.3 is 0 Å². The highest BCUT2D eigenvalue weighted by molar-refractivity contribution is 6.30. The molecule has 96 valence electrons. The largest absolute Gasteiger partial charge is 0.294 e. The predicted octanol–water partition coefficient (Wildman–Crippen LogP) is 3.83. The van der Waals surface area contributed by atoms with Crippen LogP contribution in [0, 0.1) is 17.1 Å². The van der Waals surface area contributed by atoms with Crippen molar-refractivity contribution in [1.29, 1.82) is 5.26 Å². The van der Waals surface area contributed by atoms with Gasteiger partial charge in [-0.25, -0.2) is 4.39 Å². The quantitative estimate of drug-likeness (QED) is 0.920. The van der Waals surface area contributed by atoms with E-state index < -0.39 is 6.04 Å². The van der Waals surface area contributed by atoms with E-state index >= 15 is 0 Å². The molecule has 2 nitrogen and oxygen atoms in total. The van der Waals surface area contributed by atoms with Crippen LogP contribution in [-0.2, 0) is 6.54 Å². The van der Waals surface area contributed by atoms with Gasteiger partial charge in [-0.3, -0.25) is 5.32 Å². The minimum atomic E-state index is -0.441. The summed E-state index contributed by atoms with van der Waals surface area (Å²) in [4.78, 5) is 0. The van der Waals surface area contributed by atoms with E-state index in [2.05, 4.69) is 11.4 Å². The van der Waals surface area contributed by atoms with Gasteiger partial charge in [0.2, 0.25) is 0 Å². The van der Waals surface area contributed by atoms with Gasteiger partial charge in [0.25, 0.3) is 0 Å². The van der Waals surface area contributed by atoms with Gasteiger partial charge in [-0.15, -0.1) is 0 Å². The van der Waals surface area contributed by atoms with Crippen molar-refractivity contribution in [3.63, 3.8) is 0 Å². The number of rotatable bonds is 4. The maximum Gasteiger partial charge on any atom is 0.123 e. The van der Waals surface area contributed by atoms with Crippen molar-refractivity contribution in [2.45, 2.75) is 12.6 Å². The van der Waals surface area contributed by atoms with Crippen molar-refractivity contribution in [3.8, 4) is 6.07 Å². The Morgan fingerprint density at radius 3 is 2.58 bits per heavy atom. The Kier molecular flexibility index (Phi) is 4.51. The molecule has 0 heterocycles. The number of nitrogens with one attached hydrogen (secondary N) is 1. The summed E-state index contributed by atoms with van der Waals surface area (Å²) < 4.78 is 12.8. The monoisotopic (exact) mass is 274 g/mol. The minimum Gasteiger partial charge on any atom is -0.294 e. The molecule has 2 rings (SSSR count). The highest BCUT2D eigenvalue weighted by atomic mass is 35.5. The summed E-state index contributed by atoms with van der Waals surface area (Å²) in [5.41, 5.74) is 1.74. The zero-order valence-electron chi connectivity index (χ0n) is 10.1. The Balaban J connectivity index is 2.04. The van der Waals surface area contributed by atoms with Crippen molar-refractivity contribution >= 4 is 11.6 Å². The first-order valence-electron chi connectivity index (χ1n) is 5.82. The van der Waals surface area contributed by atoms with Crippen LogP contribution in [0.3, 0.4) is 0 Å². The zero-order valence-corrected chi connectivity index (χ0v) is 10.9. The molecule has 0 spiro atoms. The molecule has 19 heavy (non-hydrogen) atoms. The van der Waals surface area contributed by atoms with E-state index in [4.69, 9.17) is 11.6 Å². The number of hydrogen-bond acceptors (Lipinski definition) is 2. The van der Waals surface area contributed by atoms with Gasteiger partial charge in [-0.1, -0.05) is 35.9 Å². The second-order valence-corrected chi connectivity index (χ2v) is 4.56. The fraction of sp³-hybridized carbons (Fsp3) is 0.133. The SMILES string of the molecule is N#CC(NCc1ccc(F)cc1)c1cccc(Cl)c1. The molecule has 0 aliphatic rings. The van der Waals surface area contributed by atoms with Crippen LogP contribution < -0.4 is 5.32 Å². The molecule has 0 aliphatic heterocycles. The minimum absolute atomic E-state index is 0.268. The average Bonchev–Trinajstić information content (AvgIpc) is 2.42. The van der Waals surface area contributed by atoms with E-state index in [-0.39, 0.29) is 5.82 Å². The Morgan fingerprint density at radius 2 is 1.95 bits per heavy atom. The molecule has 4 heteroatoms. The van der Waals surface area contributed by atoms with Crippen molar-refractivity contribution in [2.75, 3.05) is 0 Å². The first-order chi connectivity index (χ1) is 9.19. The molecule has 0 aliphatic carbocycles. The van der Waals surface area contributed by atoms with E-state index in [0.29, 0.717) is 11.6 Å². The molecule has 0 saturated heterocycles. The summed E-state index contributed by atoms with van der Waals surface area (Å²) in [6, 6.07) is 15.1. The van der Waals surface area contributed by atoms with Gasteiger partial charge in [0.1, 0.15) is 11.9 Å². The highest BCUT2D eigenvalue weighted by Gasteiger charge is 2.09. The van der Waals surface area contributed by atoms with Crippen LogP contribution in [0.15, 0.2) is 48.5 Å². The normalized spacial score (nSPS) is 11.8. The van der Waals surface area contributed by atoms with E-state index in [1.54, 1.807) is 24.3 Å². The highest BCUT2D eigenvalue weighted by Crippen LogP contribution is 2.17. The maximum absolute atomic E-state index is 12.8. The lowest BCUT2D eigenvalue weighted by atomic mass is 10.1. The topological polar surface area (TPSA) is 35.8 Å².